The van der Waals surface area contributed by atoms with Gasteiger partial charge in [-0.05, 0) is 38.1 Å². The Balaban J connectivity index is 2.49. The lowest BCUT2D eigenvalue weighted by Gasteiger charge is -2.20. The van der Waals surface area contributed by atoms with Gasteiger partial charge in [-0.15, -0.1) is 0 Å². The third-order valence-electron chi connectivity index (χ3n) is 3.14. The molecule has 3 heteroatoms. The molecule has 2 aromatic rings. The van der Waals surface area contributed by atoms with Crippen LogP contribution in [0.15, 0.2) is 36.7 Å². The molecule has 1 aromatic heterocycles. The monoisotopic (exact) mass is 244 g/mol. The van der Waals surface area contributed by atoms with E-state index in [-0.39, 0.29) is 11.9 Å². The van der Waals surface area contributed by atoms with E-state index in [9.17, 15) is 4.39 Å². The number of aryl methyl sites for hydroxylation is 2. The van der Waals surface area contributed by atoms with Gasteiger partial charge in [0.25, 0.3) is 0 Å². The Morgan fingerprint density at radius 1 is 1.17 bits per heavy atom. The summed E-state index contributed by atoms with van der Waals surface area (Å²) in [4.78, 5) is 3.79. The predicted molar refractivity (Wildman–Crippen MR) is 71.0 cm³/mol. The fraction of sp³-hybridized carbons (Fsp3) is 0.267. The van der Waals surface area contributed by atoms with E-state index in [4.69, 9.17) is 0 Å². The minimum Gasteiger partial charge on any atom is -0.309 e. The molecule has 0 fully saturated rings. The van der Waals surface area contributed by atoms with Gasteiger partial charge in [-0.2, -0.15) is 0 Å². The molecular weight excluding hydrogens is 227 g/mol. The van der Waals surface area contributed by atoms with Crippen molar-refractivity contribution in [3.05, 3.63) is 64.7 Å². The topological polar surface area (TPSA) is 24.9 Å². The fourth-order valence-corrected chi connectivity index (χ4v) is 2.25. The Hall–Kier alpha value is -1.74. The summed E-state index contributed by atoms with van der Waals surface area (Å²) >= 11 is 0. The molecule has 1 unspecified atom stereocenters. The first-order chi connectivity index (χ1) is 8.63. The normalized spacial score (nSPS) is 12.4. The largest absolute Gasteiger partial charge is 0.309 e. The van der Waals surface area contributed by atoms with E-state index in [0.717, 1.165) is 11.1 Å². The Labute approximate surface area is 107 Å². The van der Waals surface area contributed by atoms with Gasteiger partial charge in [0.15, 0.2) is 0 Å². The average molecular weight is 244 g/mol. The van der Waals surface area contributed by atoms with Crippen LogP contribution in [0.4, 0.5) is 4.39 Å². The van der Waals surface area contributed by atoms with E-state index in [1.54, 1.807) is 12.3 Å². The van der Waals surface area contributed by atoms with Crippen molar-refractivity contribution < 1.29 is 4.39 Å². The molecule has 0 amide bonds. The summed E-state index contributed by atoms with van der Waals surface area (Å²) in [5.74, 6) is -0.281. The van der Waals surface area contributed by atoms with Crippen molar-refractivity contribution in [1.29, 1.82) is 0 Å². The summed E-state index contributed by atoms with van der Waals surface area (Å²) in [6.45, 7) is 4.10. The molecule has 2 nitrogen and oxygen atoms in total. The molecule has 94 valence electrons. The molecule has 0 saturated carbocycles. The van der Waals surface area contributed by atoms with Crippen LogP contribution in [-0.2, 0) is 0 Å². The van der Waals surface area contributed by atoms with Gasteiger partial charge in [-0.1, -0.05) is 23.8 Å². The van der Waals surface area contributed by atoms with Crippen molar-refractivity contribution in [1.82, 2.24) is 10.3 Å². The molecule has 0 aliphatic heterocycles. The number of nitrogens with zero attached hydrogens (tertiary/aromatic N) is 1. The number of aromatic nitrogens is 1. The number of rotatable bonds is 3. The second kappa shape index (κ2) is 5.27. The summed E-state index contributed by atoms with van der Waals surface area (Å²) in [5, 5.41) is 3.17. The molecule has 18 heavy (non-hydrogen) atoms. The average Bonchev–Trinajstić information content (AvgIpc) is 2.34. The molecular formula is C15H17FN2. The van der Waals surface area contributed by atoms with E-state index < -0.39 is 0 Å². The van der Waals surface area contributed by atoms with Crippen LogP contribution in [0.2, 0.25) is 0 Å². The number of benzene rings is 1. The molecule has 0 radical (unpaired) electrons. The zero-order valence-corrected chi connectivity index (χ0v) is 10.9. The van der Waals surface area contributed by atoms with Gasteiger partial charge >= 0.3 is 0 Å². The minimum absolute atomic E-state index is 0.145. The van der Waals surface area contributed by atoms with Gasteiger partial charge in [-0.3, -0.25) is 4.98 Å². The first kappa shape index (κ1) is 12.7. The maximum atomic E-state index is 13.8. The summed E-state index contributed by atoms with van der Waals surface area (Å²) < 4.78 is 13.8. The quantitative estimate of drug-likeness (QED) is 0.897. The molecule has 1 atom stereocenters. The molecule has 1 heterocycles. The Bertz CT molecular complexity index is 552. The first-order valence-electron chi connectivity index (χ1n) is 5.97. The Morgan fingerprint density at radius 3 is 2.56 bits per heavy atom. The fourth-order valence-electron chi connectivity index (χ4n) is 2.25. The van der Waals surface area contributed by atoms with Crippen molar-refractivity contribution in [2.45, 2.75) is 19.9 Å². The zero-order chi connectivity index (χ0) is 13.1. The summed E-state index contributed by atoms with van der Waals surface area (Å²) in [6, 6.07) is 7.78. The minimum atomic E-state index is -0.281. The van der Waals surface area contributed by atoms with Crippen molar-refractivity contribution in [2.24, 2.45) is 0 Å². The molecule has 0 aliphatic carbocycles. The van der Waals surface area contributed by atoms with Crippen molar-refractivity contribution in [3.63, 3.8) is 0 Å². The van der Waals surface area contributed by atoms with E-state index in [2.05, 4.69) is 23.3 Å². The van der Waals surface area contributed by atoms with Gasteiger partial charge in [-0.25, -0.2) is 4.39 Å². The van der Waals surface area contributed by atoms with Crippen LogP contribution in [-0.4, -0.2) is 12.0 Å². The molecule has 0 saturated heterocycles. The summed E-state index contributed by atoms with van der Waals surface area (Å²) in [7, 11) is 1.84. The number of hydrogen-bond acceptors (Lipinski definition) is 2. The lowest BCUT2D eigenvalue weighted by Crippen LogP contribution is -2.20. The third-order valence-corrected chi connectivity index (χ3v) is 3.14. The van der Waals surface area contributed by atoms with Crippen molar-refractivity contribution in [2.75, 3.05) is 7.05 Å². The van der Waals surface area contributed by atoms with Crippen LogP contribution in [0.1, 0.15) is 28.3 Å². The van der Waals surface area contributed by atoms with Crippen LogP contribution < -0.4 is 5.32 Å². The molecule has 1 N–H and O–H groups in total. The standard InChI is InChI=1S/C15H17FN2/c1-10-4-5-12(11(2)8-10)15(17-3)13-6-7-18-9-14(13)16/h4-9,15,17H,1-3H3. The van der Waals surface area contributed by atoms with Gasteiger partial charge in [0, 0.05) is 11.8 Å². The number of nitrogens with one attached hydrogen (secondary N) is 1. The van der Waals surface area contributed by atoms with E-state index in [1.807, 2.05) is 26.1 Å². The van der Waals surface area contributed by atoms with E-state index in [0.29, 0.717) is 5.56 Å². The van der Waals surface area contributed by atoms with Gasteiger partial charge in [0.2, 0.25) is 0 Å². The summed E-state index contributed by atoms with van der Waals surface area (Å²) in [5.41, 5.74) is 4.08. The third kappa shape index (κ3) is 2.41. The molecule has 1 aromatic carbocycles. The molecule has 0 aliphatic rings. The van der Waals surface area contributed by atoms with Crippen molar-refractivity contribution >= 4 is 0 Å². The van der Waals surface area contributed by atoms with Crippen LogP contribution >= 0.6 is 0 Å². The maximum Gasteiger partial charge on any atom is 0.146 e. The van der Waals surface area contributed by atoms with Crippen LogP contribution in [0, 0.1) is 19.7 Å². The highest BCUT2D eigenvalue weighted by Gasteiger charge is 2.17. The molecule has 0 bridgehead atoms. The zero-order valence-electron chi connectivity index (χ0n) is 10.9. The van der Waals surface area contributed by atoms with E-state index in [1.165, 1.54) is 11.8 Å². The number of pyridine rings is 1. The summed E-state index contributed by atoms with van der Waals surface area (Å²) in [6.07, 6.45) is 2.87. The smallest absolute Gasteiger partial charge is 0.146 e. The maximum absolute atomic E-state index is 13.8. The van der Waals surface area contributed by atoms with E-state index >= 15 is 0 Å². The number of hydrogen-bond donors (Lipinski definition) is 1. The highest BCUT2D eigenvalue weighted by Crippen LogP contribution is 2.26. The Kier molecular flexibility index (Phi) is 3.72. The SMILES string of the molecule is CNC(c1ccc(C)cc1C)c1ccncc1F. The highest BCUT2D eigenvalue weighted by molar-refractivity contribution is 5.38. The Morgan fingerprint density at radius 2 is 1.94 bits per heavy atom. The van der Waals surface area contributed by atoms with Crippen LogP contribution in [0.25, 0.3) is 0 Å². The lowest BCUT2D eigenvalue weighted by molar-refractivity contribution is 0.570. The predicted octanol–water partition coefficient (Wildman–Crippen LogP) is 3.15. The van der Waals surface area contributed by atoms with Crippen LogP contribution in [0.3, 0.4) is 0 Å². The second-order valence-corrected chi connectivity index (χ2v) is 4.48. The van der Waals surface area contributed by atoms with Gasteiger partial charge < -0.3 is 5.32 Å². The lowest BCUT2D eigenvalue weighted by atomic mass is 9.94. The first-order valence-corrected chi connectivity index (χ1v) is 5.97. The van der Waals surface area contributed by atoms with Crippen LogP contribution in [0.5, 0.6) is 0 Å². The molecule has 0 spiro atoms. The van der Waals surface area contributed by atoms with Gasteiger partial charge in [0.1, 0.15) is 5.82 Å². The van der Waals surface area contributed by atoms with Gasteiger partial charge in [0.05, 0.1) is 12.2 Å². The second-order valence-electron chi connectivity index (χ2n) is 4.48. The number of halogens is 1. The molecule has 2 rings (SSSR count). The highest BCUT2D eigenvalue weighted by atomic mass is 19.1. The van der Waals surface area contributed by atoms with Crippen molar-refractivity contribution in [3.8, 4) is 0 Å².